The highest BCUT2D eigenvalue weighted by Crippen LogP contribution is 2.25. The van der Waals surface area contributed by atoms with Gasteiger partial charge in [-0.05, 0) is 85.0 Å². The minimum Gasteiger partial charge on any atom is -0.299 e. The Balaban J connectivity index is 2.30. The van der Waals surface area contributed by atoms with Gasteiger partial charge in [-0.15, -0.1) is 0 Å². The molecular weight excluding hydrogens is 885 g/mol. The molecule has 72 heavy (non-hydrogen) atoms. The van der Waals surface area contributed by atoms with Crippen molar-refractivity contribution in [2.75, 3.05) is 0 Å². The zero-order chi connectivity index (χ0) is 52.1. The van der Waals surface area contributed by atoms with Crippen molar-refractivity contribution in [3.8, 4) is 0 Å². The summed E-state index contributed by atoms with van der Waals surface area (Å²) in [6.07, 6.45) is 46.7. The lowest BCUT2D eigenvalue weighted by atomic mass is 9.94. The van der Waals surface area contributed by atoms with E-state index in [4.69, 9.17) is 9.98 Å². The largest absolute Gasteiger partial charge is 0.299 e. The summed E-state index contributed by atoms with van der Waals surface area (Å²) < 4.78 is 0. The molecule has 406 valence electrons. The number of unbranched alkanes of at least 4 members (excludes halogenated alkanes) is 29. The molecule has 0 saturated heterocycles. The highest BCUT2D eigenvalue weighted by Gasteiger charge is 2.15. The normalized spacial score (nSPS) is 11.8. The van der Waals surface area contributed by atoms with E-state index in [1.165, 1.54) is 154 Å². The predicted octanol–water partition coefficient (Wildman–Crippen LogP) is 19.9. The van der Waals surface area contributed by atoms with E-state index in [-0.39, 0.29) is 23.1 Å². The Morgan fingerprint density at radius 2 is 0.597 bits per heavy atom. The summed E-state index contributed by atoms with van der Waals surface area (Å²) >= 11 is 0. The molecule has 0 amide bonds. The van der Waals surface area contributed by atoms with Gasteiger partial charge in [-0.2, -0.15) is 0 Å². The smallest absolute Gasteiger partial charge is 0.137 e. The van der Waals surface area contributed by atoms with Gasteiger partial charge in [0.2, 0.25) is 0 Å². The number of benzene rings is 2. The van der Waals surface area contributed by atoms with Gasteiger partial charge in [0.15, 0.2) is 0 Å². The maximum Gasteiger partial charge on any atom is 0.137 e. The van der Waals surface area contributed by atoms with E-state index in [0.717, 1.165) is 110 Å². The summed E-state index contributed by atoms with van der Waals surface area (Å²) in [6.45, 7) is 11.2. The zero-order valence-electron chi connectivity index (χ0n) is 47.5. The summed E-state index contributed by atoms with van der Waals surface area (Å²) in [5, 5.41) is 0. The SMILES string of the molecule is CCCCCCCCCCC(=O)Cc1ccc(N=CC(CCCC)=Nc2ccc(CC(=O)CCCCCCCCCC)c(CC(=O)CCCCCCCCCC)c2)cc1CC(=O)CCCCCCCCCC. The van der Waals surface area contributed by atoms with E-state index >= 15 is 0 Å². The summed E-state index contributed by atoms with van der Waals surface area (Å²) in [5.41, 5.74) is 6.12. The lowest BCUT2D eigenvalue weighted by molar-refractivity contribution is -0.119. The first-order valence-corrected chi connectivity index (χ1v) is 30.6. The highest BCUT2D eigenvalue weighted by atomic mass is 16.1. The molecule has 0 heterocycles. The fraction of sp³-hybridized carbons (Fsp3) is 0.727. The van der Waals surface area contributed by atoms with Crippen molar-refractivity contribution in [1.29, 1.82) is 0 Å². The van der Waals surface area contributed by atoms with Gasteiger partial charge in [0.1, 0.15) is 23.1 Å². The van der Waals surface area contributed by atoms with Crippen LogP contribution in [0, 0.1) is 0 Å². The molecule has 0 aromatic heterocycles. The van der Waals surface area contributed by atoms with E-state index in [1.807, 2.05) is 42.6 Å². The molecule has 0 bridgehead atoms. The number of hydrogen-bond acceptors (Lipinski definition) is 6. The minimum absolute atomic E-state index is 0.231. The summed E-state index contributed by atoms with van der Waals surface area (Å²) in [5.74, 6) is 0.959. The maximum absolute atomic E-state index is 13.5. The Labute approximate surface area is 443 Å². The van der Waals surface area contributed by atoms with E-state index in [1.54, 1.807) is 0 Å². The van der Waals surface area contributed by atoms with Crippen molar-refractivity contribution in [3.05, 3.63) is 58.7 Å². The van der Waals surface area contributed by atoms with Gasteiger partial charge in [-0.3, -0.25) is 29.2 Å². The van der Waals surface area contributed by atoms with Gasteiger partial charge in [0, 0.05) is 57.6 Å². The van der Waals surface area contributed by atoms with E-state index < -0.39 is 0 Å². The number of nitrogens with zero attached hydrogens (tertiary/aromatic N) is 2. The first kappa shape index (κ1) is 64.6. The number of carbonyl (C=O) groups is 4. The zero-order valence-corrected chi connectivity index (χ0v) is 47.5. The Bertz CT molecular complexity index is 1790. The van der Waals surface area contributed by atoms with Crippen LogP contribution in [0.4, 0.5) is 11.4 Å². The molecule has 2 aromatic carbocycles. The number of hydrogen-bond donors (Lipinski definition) is 0. The standard InChI is InChI=1S/C66H108N2O4/c1-6-11-16-20-24-28-32-36-41-63(69)51-56-45-47-60(49-58(56)53-65(71)43-38-34-30-26-22-18-13-8-3)67-55-62(40-15-10-5)68-61-48-46-57(52-64(70)42-37-33-29-25-21-17-12-7-2)59(50-61)54-66(72)44-39-35-31-27-23-19-14-9-4/h45-50,55H,6-44,51-54H2,1-5H3. The topological polar surface area (TPSA) is 93.0 Å². The van der Waals surface area contributed by atoms with Crippen molar-refractivity contribution < 1.29 is 19.2 Å². The fourth-order valence-electron chi connectivity index (χ4n) is 9.90. The number of carbonyl (C=O) groups excluding carboxylic acids is 4. The molecule has 0 aliphatic heterocycles. The van der Waals surface area contributed by atoms with Crippen molar-refractivity contribution in [2.24, 2.45) is 9.98 Å². The van der Waals surface area contributed by atoms with Crippen molar-refractivity contribution in [1.82, 2.24) is 0 Å². The highest BCUT2D eigenvalue weighted by molar-refractivity contribution is 6.31. The molecule has 6 nitrogen and oxygen atoms in total. The van der Waals surface area contributed by atoms with Gasteiger partial charge in [0.25, 0.3) is 0 Å². The lowest BCUT2D eigenvalue weighted by Gasteiger charge is -2.12. The van der Waals surface area contributed by atoms with Gasteiger partial charge < -0.3 is 0 Å². The van der Waals surface area contributed by atoms with Gasteiger partial charge in [-0.1, -0.05) is 233 Å². The summed E-state index contributed by atoms with van der Waals surface area (Å²) in [6, 6.07) is 12.1. The Morgan fingerprint density at radius 1 is 0.319 bits per heavy atom. The van der Waals surface area contributed by atoms with Crippen LogP contribution in [0.2, 0.25) is 0 Å². The molecule has 0 aliphatic carbocycles. The van der Waals surface area contributed by atoms with Crippen LogP contribution in [0.25, 0.3) is 0 Å². The second-order valence-corrected chi connectivity index (χ2v) is 21.6. The van der Waals surface area contributed by atoms with Crippen molar-refractivity contribution in [2.45, 2.75) is 311 Å². The fourth-order valence-corrected chi connectivity index (χ4v) is 9.90. The van der Waals surface area contributed by atoms with E-state index in [9.17, 15) is 19.2 Å². The molecule has 0 unspecified atom stereocenters. The van der Waals surface area contributed by atoms with E-state index in [2.05, 4.69) is 34.6 Å². The second kappa shape index (κ2) is 44.9. The number of ketones is 4. The number of aliphatic imine (C=N–C) groups is 2. The lowest BCUT2D eigenvalue weighted by Crippen LogP contribution is -2.09. The quantitative estimate of drug-likeness (QED) is 0.0487. The Morgan fingerprint density at radius 3 is 0.931 bits per heavy atom. The van der Waals surface area contributed by atoms with Crippen LogP contribution in [0.1, 0.15) is 307 Å². The molecule has 0 fully saturated rings. The van der Waals surface area contributed by atoms with Crippen LogP contribution in [0.15, 0.2) is 46.4 Å². The van der Waals surface area contributed by atoms with Gasteiger partial charge in [0.05, 0.1) is 17.1 Å². The van der Waals surface area contributed by atoms with Crippen LogP contribution in [-0.2, 0) is 44.9 Å². The maximum atomic E-state index is 13.5. The van der Waals surface area contributed by atoms with Gasteiger partial charge in [-0.25, -0.2) is 0 Å². The number of Topliss-reactive ketones (excluding diaryl/α,β-unsaturated/α-hetero) is 4. The third-order valence-electron chi connectivity index (χ3n) is 14.6. The molecule has 0 N–H and O–H groups in total. The average Bonchev–Trinajstić information content (AvgIpc) is 3.37. The molecule has 0 atom stereocenters. The average molecular weight is 994 g/mol. The minimum atomic E-state index is 0.231. The Hall–Kier alpha value is -3.54. The van der Waals surface area contributed by atoms with Crippen molar-refractivity contribution in [3.63, 3.8) is 0 Å². The summed E-state index contributed by atoms with van der Waals surface area (Å²) in [4.78, 5) is 63.8. The Kier molecular flexibility index (Phi) is 40.3. The van der Waals surface area contributed by atoms with Crippen LogP contribution in [0.5, 0.6) is 0 Å². The molecule has 0 spiro atoms. The van der Waals surface area contributed by atoms with Crippen LogP contribution in [-0.4, -0.2) is 35.1 Å². The monoisotopic (exact) mass is 993 g/mol. The summed E-state index contributed by atoms with van der Waals surface area (Å²) in [7, 11) is 0. The molecule has 6 heteroatoms. The molecule has 2 rings (SSSR count). The second-order valence-electron chi connectivity index (χ2n) is 21.6. The van der Waals surface area contributed by atoms with Crippen LogP contribution in [0.3, 0.4) is 0 Å². The third-order valence-corrected chi connectivity index (χ3v) is 14.6. The van der Waals surface area contributed by atoms with Gasteiger partial charge >= 0.3 is 0 Å². The molecule has 0 saturated carbocycles. The van der Waals surface area contributed by atoms with Crippen LogP contribution < -0.4 is 0 Å². The molecular formula is C66H108N2O4. The van der Waals surface area contributed by atoms with Crippen LogP contribution >= 0.6 is 0 Å². The molecule has 2 aromatic rings. The van der Waals surface area contributed by atoms with Crippen molar-refractivity contribution >= 4 is 46.4 Å². The molecule has 0 aliphatic rings. The first-order chi connectivity index (χ1) is 35.2. The predicted molar refractivity (Wildman–Crippen MR) is 311 cm³/mol. The first-order valence-electron chi connectivity index (χ1n) is 30.6. The van der Waals surface area contributed by atoms with E-state index in [0.29, 0.717) is 51.4 Å². The third kappa shape index (κ3) is 34.0. The molecule has 0 radical (unpaired) electrons. The number of rotatable bonds is 50.